The number of carbonyl (C=O) groups excluding carboxylic acids is 2. The Morgan fingerprint density at radius 1 is 1.13 bits per heavy atom. The highest BCUT2D eigenvalue weighted by Gasteiger charge is 2.38. The van der Waals surface area contributed by atoms with E-state index in [1.54, 1.807) is 0 Å². The topological polar surface area (TPSA) is 58.2 Å². The standard InChI is InChI=1S/C19H20N2O2/c1-2-13-8-10-15(11-9-13)20-19(23)18-16(12-17(22)21-18)14-6-4-3-5-7-14/h3-11,16,18H,2,12H2,1H3,(H,20,23)(H,21,22). The Balaban J connectivity index is 1.75. The van der Waals surface area contributed by atoms with E-state index in [2.05, 4.69) is 17.6 Å². The van der Waals surface area contributed by atoms with Gasteiger partial charge in [-0.3, -0.25) is 9.59 Å². The Kier molecular flexibility index (Phi) is 4.42. The maximum absolute atomic E-state index is 12.6. The molecular weight excluding hydrogens is 288 g/mol. The first-order valence-corrected chi connectivity index (χ1v) is 7.91. The highest BCUT2D eigenvalue weighted by atomic mass is 16.2. The predicted molar refractivity (Wildman–Crippen MR) is 90.2 cm³/mol. The van der Waals surface area contributed by atoms with Gasteiger partial charge in [0.05, 0.1) is 0 Å². The molecule has 118 valence electrons. The highest BCUT2D eigenvalue weighted by molar-refractivity contribution is 6.00. The largest absolute Gasteiger partial charge is 0.344 e. The van der Waals surface area contributed by atoms with Gasteiger partial charge in [-0.05, 0) is 29.7 Å². The second-order valence-corrected chi connectivity index (χ2v) is 5.81. The van der Waals surface area contributed by atoms with Crippen molar-refractivity contribution in [2.24, 2.45) is 0 Å². The van der Waals surface area contributed by atoms with E-state index in [0.29, 0.717) is 6.42 Å². The SMILES string of the molecule is CCc1ccc(NC(=O)C2NC(=O)CC2c2ccccc2)cc1. The summed E-state index contributed by atoms with van der Waals surface area (Å²) in [6, 6.07) is 17.0. The maximum Gasteiger partial charge on any atom is 0.247 e. The lowest BCUT2D eigenvalue weighted by Gasteiger charge is -2.19. The number of benzene rings is 2. The zero-order valence-electron chi connectivity index (χ0n) is 13.1. The molecule has 23 heavy (non-hydrogen) atoms. The lowest BCUT2D eigenvalue weighted by atomic mass is 9.91. The monoisotopic (exact) mass is 308 g/mol. The van der Waals surface area contributed by atoms with Crippen LogP contribution < -0.4 is 10.6 Å². The van der Waals surface area contributed by atoms with Gasteiger partial charge in [0.1, 0.15) is 6.04 Å². The first kappa shape index (κ1) is 15.3. The summed E-state index contributed by atoms with van der Waals surface area (Å²) in [5.74, 6) is -0.382. The maximum atomic E-state index is 12.6. The van der Waals surface area contributed by atoms with E-state index in [9.17, 15) is 9.59 Å². The van der Waals surface area contributed by atoms with Crippen molar-refractivity contribution >= 4 is 17.5 Å². The fourth-order valence-electron chi connectivity index (χ4n) is 2.95. The number of amides is 2. The molecule has 1 aliphatic rings. The molecule has 0 bridgehead atoms. The quantitative estimate of drug-likeness (QED) is 0.912. The van der Waals surface area contributed by atoms with Crippen molar-refractivity contribution in [2.75, 3.05) is 5.32 Å². The van der Waals surface area contributed by atoms with Crippen molar-refractivity contribution in [3.05, 3.63) is 65.7 Å². The van der Waals surface area contributed by atoms with Crippen molar-refractivity contribution in [3.63, 3.8) is 0 Å². The van der Waals surface area contributed by atoms with Gasteiger partial charge in [0.2, 0.25) is 11.8 Å². The van der Waals surface area contributed by atoms with Crippen LogP contribution in [0.15, 0.2) is 54.6 Å². The number of nitrogens with one attached hydrogen (secondary N) is 2. The second kappa shape index (κ2) is 6.65. The molecule has 2 amide bonds. The van der Waals surface area contributed by atoms with Gasteiger partial charge >= 0.3 is 0 Å². The third-order valence-corrected chi connectivity index (χ3v) is 4.26. The number of hydrogen-bond acceptors (Lipinski definition) is 2. The van der Waals surface area contributed by atoms with Gasteiger partial charge in [-0.2, -0.15) is 0 Å². The molecule has 0 saturated carbocycles. The Hall–Kier alpha value is -2.62. The van der Waals surface area contributed by atoms with Crippen LogP contribution in [0.1, 0.15) is 30.4 Å². The van der Waals surface area contributed by atoms with Gasteiger partial charge in [0, 0.05) is 18.0 Å². The van der Waals surface area contributed by atoms with Crippen molar-refractivity contribution in [1.82, 2.24) is 5.32 Å². The third kappa shape index (κ3) is 3.42. The van der Waals surface area contributed by atoms with Gasteiger partial charge in [-0.15, -0.1) is 0 Å². The van der Waals surface area contributed by atoms with Crippen molar-refractivity contribution in [2.45, 2.75) is 31.7 Å². The minimum absolute atomic E-state index is 0.0830. The van der Waals surface area contributed by atoms with Gasteiger partial charge in [0.25, 0.3) is 0 Å². The lowest BCUT2D eigenvalue weighted by molar-refractivity contribution is -0.122. The summed E-state index contributed by atoms with van der Waals surface area (Å²) in [5.41, 5.74) is 2.98. The van der Waals surface area contributed by atoms with Gasteiger partial charge in [0.15, 0.2) is 0 Å². The van der Waals surface area contributed by atoms with Crippen LogP contribution in [0.4, 0.5) is 5.69 Å². The zero-order valence-corrected chi connectivity index (χ0v) is 13.1. The van der Waals surface area contributed by atoms with Crippen LogP contribution in [0, 0.1) is 0 Å². The van der Waals surface area contributed by atoms with E-state index in [-0.39, 0.29) is 17.7 Å². The molecule has 2 unspecified atom stereocenters. The van der Waals surface area contributed by atoms with Crippen LogP contribution in [-0.4, -0.2) is 17.9 Å². The van der Waals surface area contributed by atoms with Crippen LogP contribution in [0.2, 0.25) is 0 Å². The van der Waals surface area contributed by atoms with Crippen LogP contribution >= 0.6 is 0 Å². The molecule has 0 radical (unpaired) electrons. The summed E-state index contributed by atoms with van der Waals surface area (Å²) >= 11 is 0. The van der Waals surface area contributed by atoms with Crippen molar-refractivity contribution in [1.29, 1.82) is 0 Å². The van der Waals surface area contributed by atoms with E-state index in [0.717, 1.165) is 17.7 Å². The molecule has 4 nitrogen and oxygen atoms in total. The second-order valence-electron chi connectivity index (χ2n) is 5.81. The first-order valence-electron chi connectivity index (χ1n) is 7.91. The molecule has 2 atom stereocenters. The third-order valence-electron chi connectivity index (χ3n) is 4.26. The molecule has 1 saturated heterocycles. The zero-order chi connectivity index (χ0) is 16.2. The molecule has 0 aliphatic carbocycles. The van der Waals surface area contributed by atoms with Crippen LogP contribution in [0.25, 0.3) is 0 Å². The van der Waals surface area contributed by atoms with Gasteiger partial charge in [-0.25, -0.2) is 0 Å². The number of carbonyl (C=O) groups is 2. The smallest absolute Gasteiger partial charge is 0.247 e. The first-order chi connectivity index (χ1) is 11.2. The fourth-order valence-corrected chi connectivity index (χ4v) is 2.95. The minimum atomic E-state index is -0.532. The molecule has 2 aromatic carbocycles. The van der Waals surface area contributed by atoms with Crippen LogP contribution in [0.3, 0.4) is 0 Å². The summed E-state index contributed by atoms with van der Waals surface area (Å²) in [7, 11) is 0. The Labute approximate surface area is 135 Å². The summed E-state index contributed by atoms with van der Waals surface area (Å²) in [5, 5.41) is 5.70. The molecule has 3 rings (SSSR count). The Morgan fingerprint density at radius 3 is 2.48 bits per heavy atom. The van der Waals surface area contributed by atoms with Crippen molar-refractivity contribution in [3.8, 4) is 0 Å². The van der Waals surface area contributed by atoms with E-state index in [1.165, 1.54) is 5.56 Å². The number of rotatable bonds is 4. The van der Waals surface area contributed by atoms with Crippen molar-refractivity contribution < 1.29 is 9.59 Å². The molecule has 4 heteroatoms. The Morgan fingerprint density at radius 2 is 1.83 bits per heavy atom. The normalized spacial score (nSPS) is 20.1. The summed E-state index contributed by atoms with van der Waals surface area (Å²) in [6.07, 6.45) is 1.31. The van der Waals surface area contributed by atoms with Crippen LogP contribution in [-0.2, 0) is 16.0 Å². The highest BCUT2D eigenvalue weighted by Crippen LogP contribution is 2.29. The minimum Gasteiger partial charge on any atom is -0.344 e. The Bertz CT molecular complexity index is 695. The average molecular weight is 308 g/mol. The molecular formula is C19H20N2O2. The molecule has 2 N–H and O–H groups in total. The number of anilines is 1. The summed E-state index contributed by atoms with van der Waals surface area (Å²) in [4.78, 5) is 24.4. The molecule has 0 spiro atoms. The summed E-state index contributed by atoms with van der Waals surface area (Å²) < 4.78 is 0. The van der Waals surface area contributed by atoms with E-state index in [1.807, 2.05) is 54.6 Å². The van der Waals surface area contributed by atoms with Gasteiger partial charge in [-0.1, -0.05) is 49.4 Å². The average Bonchev–Trinajstić information content (AvgIpc) is 2.98. The molecule has 0 aromatic heterocycles. The molecule has 1 fully saturated rings. The lowest BCUT2D eigenvalue weighted by Crippen LogP contribution is -2.40. The summed E-state index contributed by atoms with van der Waals surface area (Å²) in [6.45, 7) is 2.09. The van der Waals surface area contributed by atoms with Gasteiger partial charge < -0.3 is 10.6 Å². The fraction of sp³-hybridized carbons (Fsp3) is 0.263. The van der Waals surface area contributed by atoms with Crippen LogP contribution in [0.5, 0.6) is 0 Å². The van der Waals surface area contributed by atoms with E-state index >= 15 is 0 Å². The molecule has 2 aromatic rings. The van der Waals surface area contributed by atoms with E-state index in [4.69, 9.17) is 0 Å². The van der Waals surface area contributed by atoms with E-state index < -0.39 is 6.04 Å². The molecule has 1 heterocycles. The predicted octanol–water partition coefficient (Wildman–Crippen LogP) is 2.86. The number of hydrogen-bond donors (Lipinski definition) is 2. The molecule has 1 aliphatic heterocycles. The number of aryl methyl sites for hydroxylation is 1.